The van der Waals surface area contributed by atoms with Gasteiger partial charge in [0.2, 0.25) is 0 Å². The van der Waals surface area contributed by atoms with Crippen molar-refractivity contribution >= 4 is 15.9 Å². The molecule has 1 atom stereocenters. The number of hydrogen-bond donors (Lipinski definition) is 1. The maximum atomic E-state index is 13.7. The van der Waals surface area contributed by atoms with Crippen molar-refractivity contribution in [3.8, 4) is 5.75 Å². The Morgan fingerprint density at radius 3 is 2.62 bits per heavy atom. The normalized spacial score (nSPS) is 12.2. The Labute approximate surface area is 133 Å². The summed E-state index contributed by atoms with van der Waals surface area (Å²) in [5.74, 6) is 0.572. The summed E-state index contributed by atoms with van der Waals surface area (Å²) in [5.41, 5.74) is 1.88. The zero-order valence-electron chi connectivity index (χ0n) is 12.2. The van der Waals surface area contributed by atoms with Gasteiger partial charge in [0.05, 0.1) is 12.6 Å². The van der Waals surface area contributed by atoms with Gasteiger partial charge in [-0.2, -0.15) is 0 Å². The first-order valence-corrected chi connectivity index (χ1v) is 7.86. The van der Waals surface area contributed by atoms with Crippen molar-refractivity contribution in [3.63, 3.8) is 0 Å². The molecule has 2 nitrogen and oxygen atoms in total. The molecule has 0 saturated carbocycles. The summed E-state index contributed by atoms with van der Waals surface area (Å²) in [7, 11) is 0. The third-order valence-corrected chi connectivity index (χ3v) is 3.61. The van der Waals surface area contributed by atoms with Crippen LogP contribution in [0, 0.1) is 5.82 Å². The minimum absolute atomic E-state index is 0.107. The Bertz CT molecular complexity index is 583. The molecule has 0 aliphatic heterocycles. The highest BCUT2D eigenvalue weighted by Gasteiger charge is 2.18. The lowest BCUT2D eigenvalue weighted by Gasteiger charge is -2.22. The Balaban J connectivity index is 2.48. The number of para-hydroxylation sites is 1. The van der Waals surface area contributed by atoms with Crippen LogP contribution in [0.25, 0.3) is 0 Å². The third kappa shape index (κ3) is 4.05. The lowest BCUT2D eigenvalue weighted by atomic mass is 9.97. The number of hydrogen-bond acceptors (Lipinski definition) is 2. The molecule has 2 rings (SSSR count). The maximum absolute atomic E-state index is 13.7. The van der Waals surface area contributed by atoms with Crippen LogP contribution < -0.4 is 10.1 Å². The van der Waals surface area contributed by atoms with Crippen LogP contribution in [0.5, 0.6) is 5.75 Å². The molecular formula is C17H19BrFNO. The van der Waals surface area contributed by atoms with E-state index in [4.69, 9.17) is 4.74 Å². The largest absolute Gasteiger partial charge is 0.494 e. The molecule has 0 fully saturated rings. The van der Waals surface area contributed by atoms with Crippen molar-refractivity contribution in [1.29, 1.82) is 0 Å². The average molecular weight is 352 g/mol. The molecule has 0 aliphatic carbocycles. The smallest absolute Gasteiger partial charge is 0.124 e. The molecular weight excluding hydrogens is 333 g/mol. The molecule has 0 saturated heterocycles. The lowest BCUT2D eigenvalue weighted by molar-refractivity contribution is 0.333. The van der Waals surface area contributed by atoms with Gasteiger partial charge < -0.3 is 10.1 Å². The van der Waals surface area contributed by atoms with E-state index in [2.05, 4.69) is 21.2 Å². The Hall–Kier alpha value is -1.39. The lowest BCUT2D eigenvalue weighted by Crippen LogP contribution is -2.22. The summed E-state index contributed by atoms with van der Waals surface area (Å²) in [6.45, 7) is 5.37. The molecule has 1 N–H and O–H groups in total. The predicted octanol–water partition coefficient (Wildman–Crippen LogP) is 4.69. The second-order valence-electron chi connectivity index (χ2n) is 4.66. The zero-order valence-corrected chi connectivity index (χ0v) is 13.8. The van der Waals surface area contributed by atoms with Gasteiger partial charge in [-0.25, -0.2) is 4.39 Å². The molecule has 112 valence electrons. The molecule has 0 heterocycles. The van der Waals surface area contributed by atoms with Gasteiger partial charge >= 0.3 is 0 Å². The summed E-state index contributed by atoms with van der Waals surface area (Å²) < 4.78 is 20.1. The molecule has 21 heavy (non-hydrogen) atoms. The minimum atomic E-state index is -0.254. The summed E-state index contributed by atoms with van der Waals surface area (Å²) in [4.78, 5) is 0. The van der Waals surface area contributed by atoms with E-state index in [1.165, 1.54) is 6.07 Å². The van der Waals surface area contributed by atoms with Gasteiger partial charge in [-0.15, -0.1) is 0 Å². The first-order valence-electron chi connectivity index (χ1n) is 7.06. The number of benzene rings is 2. The second-order valence-corrected chi connectivity index (χ2v) is 5.58. The molecule has 0 amide bonds. The van der Waals surface area contributed by atoms with Crippen LogP contribution in [0.2, 0.25) is 0 Å². The SMILES string of the molecule is CCNC(c1cc(F)cc(Br)c1)c1ccccc1OCC. The van der Waals surface area contributed by atoms with Crippen LogP contribution >= 0.6 is 15.9 Å². The molecule has 0 bridgehead atoms. The van der Waals surface area contributed by atoms with E-state index in [1.807, 2.05) is 44.2 Å². The van der Waals surface area contributed by atoms with Crippen LogP contribution in [0.3, 0.4) is 0 Å². The standard InChI is InChI=1S/C17H19BrFNO/c1-3-20-17(12-9-13(18)11-14(19)10-12)15-7-5-6-8-16(15)21-4-2/h5-11,17,20H,3-4H2,1-2H3. The van der Waals surface area contributed by atoms with Crippen LogP contribution in [-0.2, 0) is 0 Å². The zero-order chi connectivity index (χ0) is 15.2. The number of nitrogens with one attached hydrogen (secondary N) is 1. The van der Waals surface area contributed by atoms with E-state index >= 15 is 0 Å². The van der Waals surface area contributed by atoms with Crippen molar-refractivity contribution in [2.75, 3.05) is 13.2 Å². The van der Waals surface area contributed by atoms with Crippen molar-refractivity contribution in [3.05, 3.63) is 63.9 Å². The third-order valence-electron chi connectivity index (χ3n) is 3.16. The minimum Gasteiger partial charge on any atom is -0.494 e. The highest BCUT2D eigenvalue weighted by atomic mass is 79.9. The summed E-state index contributed by atoms with van der Waals surface area (Å²) in [5, 5.41) is 3.40. The van der Waals surface area contributed by atoms with E-state index in [0.717, 1.165) is 27.9 Å². The van der Waals surface area contributed by atoms with Crippen molar-refractivity contribution in [2.24, 2.45) is 0 Å². The first-order chi connectivity index (χ1) is 10.2. The Morgan fingerprint density at radius 1 is 1.19 bits per heavy atom. The molecule has 0 aromatic heterocycles. The van der Waals surface area contributed by atoms with Crippen molar-refractivity contribution in [1.82, 2.24) is 5.32 Å². The van der Waals surface area contributed by atoms with Gasteiger partial charge in [0.25, 0.3) is 0 Å². The van der Waals surface area contributed by atoms with Crippen LogP contribution in [0.15, 0.2) is 46.9 Å². The quantitative estimate of drug-likeness (QED) is 0.815. The van der Waals surface area contributed by atoms with E-state index in [-0.39, 0.29) is 11.9 Å². The fourth-order valence-electron chi connectivity index (χ4n) is 2.36. The molecule has 0 spiro atoms. The summed E-state index contributed by atoms with van der Waals surface area (Å²) >= 11 is 3.36. The molecule has 2 aromatic rings. The Morgan fingerprint density at radius 2 is 1.95 bits per heavy atom. The van der Waals surface area contributed by atoms with Crippen LogP contribution in [0.4, 0.5) is 4.39 Å². The maximum Gasteiger partial charge on any atom is 0.124 e. The van der Waals surface area contributed by atoms with Crippen LogP contribution in [0.1, 0.15) is 31.0 Å². The highest BCUT2D eigenvalue weighted by Crippen LogP contribution is 2.31. The van der Waals surface area contributed by atoms with E-state index in [1.54, 1.807) is 6.07 Å². The van der Waals surface area contributed by atoms with Gasteiger partial charge in [-0.05, 0) is 43.3 Å². The fourth-order valence-corrected chi connectivity index (χ4v) is 2.84. The number of halogens is 2. The topological polar surface area (TPSA) is 21.3 Å². The molecule has 2 aromatic carbocycles. The fraction of sp³-hybridized carbons (Fsp3) is 0.294. The van der Waals surface area contributed by atoms with Gasteiger partial charge in [-0.3, -0.25) is 0 Å². The average Bonchev–Trinajstić information content (AvgIpc) is 2.45. The predicted molar refractivity (Wildman–Crippen MR) is 87.2 cm³/mol. The molecule has 0 aliphatic rings. The monoisotopic (exact) mass is 351 g/mol. The van der Waals surface area contributed by atoms with Crippen molar-refractivity contribution < 1.29 is 9.13 Å². The summed E-state index contributed by atoms with van der Waals surface area (Å²) in [6.07, 6.45) is 0. The first kappa shape index (κ1) is 16.0. The molecule has 1 unspecified atom stereocenters. The van der Waals surface area contributed by atoms with Crippen molar-refractivity contribution in [2.45, 2.75) is 19.9 Å². The van der Waals surface area contributed by atoms with E-state index < -0.39 is 0 Å². The molecule has 0 radical (unpaired) electrons. The number of rotatable bonds is 6. The van der Waals surface area contributed by atoms with Crippen LogP contribution in [-0.4, -0.2) is 13.2 Å². The molecule has 4 heteroatoms. The summed E-state index contributed by atoms with van der Waals surface area (Å²) in [6, 6.07) is 12.7. The number of ether oxygens (including phenoxy) is 1. The van der Waals surface area contributed by atoms with E-state index in [9.17, 15) is 4.39 Å². The van der Waals surface area contributed by atoms with Gasteiger partial charge in [0, 0.05) is 10.0 Å². The highest BCUT2D eigenvalue weighted by molar-refractivity contribution is 9.10. The van der Waals surface area contributed by atoms with Gasteiger partial charge in [-0.1, -0.05) is 41.1 Å². The Kier molecular flexibility index (Phi) is 5.76. The van der Waals surface area contributed by atoms with Gasteiger partial charge in [0.15, 0.2) is 0 Å². The van der Waals surface area contributed by atoms with Gasteiger partial charge in [0.1, 0.15) is 11.6 Å². The second kappa shape index (κ2) is 7.57. The van der Waals surface area contributed by atoms with E-state index in [0.29, 0.717) is 6.61 Å².